The van der Waals surface area contributed by atoms with E-state index in [0.717, 1.165) is 30.5 Å². The van der Waals surface area contributed by atoms with E-state index in [0.29, 0.717) is 6.04 Å². The lowest BCUT2D eigenvalue weighted by Gasteiger charge is -2.29. The summed E-state index contributed by atoms with van der Waals surface area (Å²) in [5.74, 6) is 3.01. The van der Waals surface area contributed by atoms with Crippen LogP contribution in [0.5, 0.6) is 0 Å². The molecule has 1 aromatic rings. The molecule has 1 aromatic heterocycles. The van der Waals surface area contributed by atoms with E-state index in [9.17, 15) is 0 Å². The average molecular weight is 274 g/mol. The largest absolute Gasteiger partial charge is 0.367 e. The van der Waals surface area contributed by atoms with Crippen molar-refractivity contribution >= 4 is 11.6 Å². The molecule has 2 heterocycles. The molecule has 110 valence electrons. The Morgan fingerprint density at radius 2 is 1.70 bits per heavy atom. The Morgan fingerprint density at radius 1 is 1.00 bits per heavy atom. The normalized spacial score (nSPS) is 20.9. The molecule has 0 amide bonds. The lowest BCUT2D eigenvalue weighted by Crippen LogP contribution is -2.31. The Morgan fingerprint density at radius 3 is 2.45 bits per heavy atom. The second-order valence-electron chi connectivity index (χ2n) is 6.19. The van der Waals surface area contributed by atoms with Gasteiger partial charge in [0.15, 0.2) is 0 Å². The van der Waals surface area contributed by atoms with Gasteiger partial charge in [-0.1, -0.05) is 19.3 Å². The predicted octanol–water partition coefficient (Wildman–Crippen LogP) is 3.52. The maximum atomic E-state index is 4.63. The van der Waals surface area contributed by atoms with Crippen LogP contribution in [0.25, 0.3) is 0 Å². The number of aryl methyl sites for hydroxylation is 1. The lowest BCUT2D eigenvalue weighted by molar-refractivity contribution is 0.461. The van der Waals surface area contributed by atoms with Gasteiger partial charge >= 0.3 is 0 Å². The molecule has 0 bridgehead atoms. The zero-order chi connectivity index (χ0) is 13.8. The first-order chi connectivity index (χ1) is 9.81. The highest BCUT2D eigenvalue weighted by atomic mass is 15.2. The summed E-state index contributed by atoms with van der Waals surface area (Å²) in [4.78, 5) is 11.6. The first-order valence-corrected chi connectivity index (χ1v) is 8.18. The van der Waals surface area contributed by atoms with Gasteiger partial charge in [0.05, 0.1) is 0 Å². The topological polar surface area (TPSA) is 41.1 Å². The molecule has 4 heteroatoms. The summed E-state index contributed by atoms with van der Waals surface area (Å²) in [6.07, 6.45) is 10.6. The van der Waals surface area contributed by atoms with Gasteiger partial charge in [-0.3, -0.25) is 0 Å². The Hall–Kier alpha value is -1.32. The van der Waals surface area contributed by atoms with E-state index in [1.165, 1.54) is 51.4 Å². The number of hydrogen-bond donors (Lipinski definition) is 1. The van der Waals surface area contributed by atoms with E-state index >= 15 is 0 Å². The van der Waals surface area contributed by atoms with Gasteiger partial charge in [-0.2, -0.15) is 0 Å². The van der Waals surface area contributed by atoms with Crippen molar-refractivity contribution in [1.82, 2.24) is 9.97 Å². The van der Waals surface area contributed by atoms with Crippen LogP contribution in [0.4, 0.5) is 11.6 Å². The monoisotopic (exact) mass is 274 g/mol. The Balaban J connectivity index is 1.71. The molecule has 1 saturated heterocycles. The van der Waals surface area contributed by atoms with Gasteiger partial charge in [-0.05, 0) is 39.0 Å². The third kappa shape index (κ3) is 3.41. The van der Waals surface area contributed by atoms with Gasteiger partial charge in [0.1, 0.15) is 17.5 Å². The van der Waals surface area contributed by atoms with Crippen LogP contribution in [-0.2, 0) is 0 Å². The second-order valence-corrected chi connectivity index (χ2v) is 6.19. The second kappa shape index (κ2) is 6.42. The van der Waals surface area contributed by atoms with Crippen molar-refractivity contribution < 1.29 is 0 Å². The van der Waals surface area contributed by atoms with Gasteiger partial charge in [-0.15, -0.1) is 0 Å². The van der Waals surface area contributed by atoms with E-state index in [-0.39, 0.29) is 0 Å². The van der Waals surface area contributed by atoms with E-state index in [2.05, 4.69) is 26.3 Å². The summed E-state index contributed by atoms with van der Waals surface area (Å²) in [7, 11) is 0. The molecule has 1 aliphatic carbocycles. The van der Waals surface area contributed by atoms with Crippen LogP contribution < -0.4 is 10.2 Å². The highest BCUT2D eigenvalue weighted by Gasteiger charge is 2.16. The van der Waals surface area contributed by atoms with Gasteiger partial charge in [-0.25, -0.2) is 9.97 Å². The minimum Gasteiger partial charge on any atom is -0.367 e. The van der Waals surface area contributed by atoms with Crippen LogP contribution in [0.15, 0.2) is 6.07 Å². The van der Waals surface area contributed by atoms with Crippen molar-refractivity contribution in [3.8, 4) is 0 Å². The molecule has 0 spiro atoms. The summed E-state index contributed by atoms with van der Waals surface area (Å²) in [5, 5.41) is 3.62. The molecule has 3 rings (SSSR count). The standard InChI is InChI=1S/C16H26N4/c1-13-17-15(19-14-8-4-2-5-9-14)12-16(18-13)20-10-6-3-7-11-20/h12,14H,2-11H2,1H3,(H,17,18,19). The lowest BCUT2D eigenvalue weighted by atomic mass is 9.95. The van der Waals surface area contributed by atoms with Gasteiger partial charge in [0.25, 0.3) is 0 Å². The van der Waals surface area contributed by atoms with Crippen molar-refractivity contribution in [3.05, 3.63) is 11.9 Å². The summed E-state index contributed by atoms with van der Waals surface area (Å²) in [5.41, 5.74) is 0. The molecule has 0 radical (unpaired) electrons. The van der Waals surface area contributed by atoms with Crippen LogP contribution in [-0.4, -0.2) is 29.1 Å². The average Bonchev–Trinajstić information content (AvgIpc) is 2.49. The predicted molar refractivity (Wildman–Crippen MR) is 83.3 cm³/mol. The molecule has 1 saturated carbocycles. The fourth-order valence-corrected chi connectivity index (χ4v) is 3.37. The smallest absolute Gasteiger partial charge is 0.134 e. The van der Waals surface area contributed by atoms with Gasteiger partial charge < -0.3 is 10.2 Å². The first kappa shape index (κ1) is 13.7. The van der Waals surface area contributed by atoms with Crippen LogP contribution in [0.3, 0.4) is 0 Å². The maximum absolute atomic E-state index is 4.63. The van der Waals surface area contributed by atoms with Crippen LogP contribution in [0.2, 0.25) is 0 Å². The molecule has 0 aromatic carbocycles. The molecule has 2 fully saturated rings. The highest BCUT2D eigenvalue weighted by molar-refractivity contribution is 5.50. The molecule has 0 atom stereocenters. The Labute approximate surface area is 122 Å². The first-order valence-electron chi connectivity index (χ1n) is 8.18. The van der Waals surface area contributed by atoms with Crippen molar-refractivity contribution in [3.63, 3.8) is 0 Å². The summed E-state index contributed by atoms with van der Waals surface area (Å²) in [6.45, 7) is 4.28. The van der Waals surface area contributed by atoms with Crippen LogP contribution in [0.1, 0.15) is 57.2 Å². The molecular weight excluding hydrogens is 248 g/mol. The number of rotatable bonds is 3. The molecule has 20 heavy (non-hydrogen) atoms. The van der Waals surface area contributed by atoms with E-state index in [1.54, 1.807) is 0 Å². The van der Waals surface area contributed by atoms with E-state index < -0.39 is 0 Å². The van der Waals surface area contributed by atoms with Crippen LogP contribution in [0, 0.1) is 6.92 Å². The van der Waals surface area contributed by atoms with E-state index in [4.69, 9.17) is 0 Å². The summed E-state index contributed by atoms with van der Waals surface area (Å²) < 4.78 is 0. The number of aromatic nitrogens is 2. The number of hydrogen-bond acceptors (Lipinski definition) is 4. The van der Waals surface area contributed by atoms with Gasteiger partial charge in [0.2, 0.25) is 0 Å². The van der Waals surface area contributed by atoms with Crippen molar-refractivity contribution in [1.29, 1.82) is 0 Å². The number of nitrogens with one attached hydrogen (secondary N) is 1. The Bertz CT molecular complexity index is 434. The SMILES string of the molecule is Cc1nc(NC2CCCCC2)cc(N2CCCCC2)n1. The minimum atomic E-state index is 0.604. The third-order valence-corrected chi connectivity index (χ3v) is 4.46. The van der Waals surface area contributed by atoms with Gasteiger partial charge in [0, 0.05) is 25.2 Å². The number of piperidine rings is 1. The fourth-order valence-electron chi connectivity index (χ4n) is 3.37. The minimum absolute atomic E-state index is 0.604. The third-order valence-electron chi connectivity index (χ3n) is 4.46. The molecule has 1 aliphatic heterocycles. The fraction of sp³-hybridized carbons (Fsp3) is 0.750. The molecular formula is C16H26N4. The van der Waals surface area contributed by atoms with Crippen LogP contribution >= 0.6 is 0 Å². The molecule has 4 nitrogen and oxygen atoms in total. The zero-order valence-electron chi connectivity index (χ0n) is 12.6. The Kier molecular flexibility index (Phi) is 4.38. The quantitative estimate of drug-likeness (QED) is 0.915. The molecule has 2 aliphatic rings. The van der Waals surface area contributed by atoms with E-state index in [1.807, 2.05) is 6.92 Å². The summed E-state index contributed by atoms with van der Waals surface area (Å²) >= 11 is 0. The van der Waals surface area contributed by atoms with Crippen molar-refractivity contribution in [2.45, 2.75) is 64.3 Å². The molecule has 1 N–H and O–H groups in total. The van der Waals surface area contributed by atoms with Crippen molar-refractivity contribution in [2.24, 2.45) is 0 Å². The maximum Gasteiger partial charge on any atom is 0.134 e. The summed E-state index contributed by atoms with van der Waals surface area (Å²) in [6, 6.07) is 2.75. The number of anilines is 2. The molecule has 0 unspecified atom stereocenters. The van der Waals surface area contributed by atoms with Crippen molar-refractivity contribution in [2.75, 3.05) is 23.3 Å². The zero-order valence-corrected chi connectivity index (χ0v) is 12.6. The number of nitrogens with zero attached hydrogens (tertiary/aromatic N) is 3. The highest BCUT2D eigenvalue weighted by Crippen LogP contribution is 2.24.